The maximum Gasteiger partial charge on any atom is 0.410 e. The van der Waals surface area contributed by atoms with Gasteiger partial charge >= 0.3 is 6.09 Å². The Morgan fingerprint density at radius 2 is 1.74 bits per heavy atom. The molecule has 6 rings (SSSR count). The predicted octanol–water partition coefficient (Wildman–Crippen LogP) is 3.35. The summed E-state index contributed by atoms with van der Waals surface area (Å²) in [6, 6.07) is 6.34. The number of ether oxygens (including phenoxy) is 2. The van der Waals surface area contributed by atoms with E-state index in [1.807, 2.05) is 4.90 Å². The lowest BCUT2D eigenvalue weighted by Gasteiger charge is -2.45. The summed E-state index contributed by atoms with van der Waals surface area (Å²) in [7, 11) is -3.82. The normalized spacial score (nSPS) is 33.0. The van der Waals surface area contributed by atoms with E-state index in [2.05, 4.69) is 11.8 Å². The van der Waals surface area contributed by atoms with Gasteiger partial charge in [-0.15, -0.1) is 0 Å². The number of hydrogen-bond acceptors (Lipinski definition) is 6. The van der Waals surface area contributed by atoms with Gasteiger partial charge in [-0.2, -0.15) is 4.31 Å². The van der Waals surface area contributed by atoms with Gasteiger partial charge < -0.3 is 14.4 Å². The number of piperazine rings is 1. The monoisotopic (exact) mass is 523 g/mol. The first kappa shape index (κ1) is 24.0. The number of nitrogens with zero attached hydrogens (tertiary/aromatic N) is 3. The lowest BCUT2D eigenvalue weighted by molar-refractivity contribution is -0.0779. The number of carbonyl (C=O) groups is 1. The minimum absolute atomic E-state index is 0.217. The lowest BCUT2D eigenvalue weighted by atomic mass is 10.0. The average molecular weight is 524 g/mol. The van der Waals surface area contributed by atoms with E-state index in [0.29, 0.717) is 49.6 Å². The molecule has 3 saturated heterocycles. The third-order valence-electron chi connectivity index (χ3n) is 8.65. The molecule has 0 radical (unpaired) electrons. The van der Waals surface area contributed by atoms with Gasteiger partial charge in [0.05, 0.1) is 30.2 Å². The summed E-state index contributed by atoms with van der Waals surface area (Å²) < 4.78 is 41.7. The summed E-state index contributed by atoms with van der Waals surface area (Å²) in [5.41, 5.74) is -0.828. The highest BCUT2D eigenvalue weighted by Crippen LogP contribution is 2.50. The zero-order valence-electron chi connectivity index (χ0n) is 20.1. The number of amides is 1. The van der Waals surface area contributed by atoms with Gasteiger partial charge in [-0.1, -0.05) is 18.5 Å². The minimum atomic E-state index is -3.82. The number of fused-ring (bicyclic) bond motifs is 2. The maximum atomic E-state index is 13.9. The topological polar surface area (TPSA) is 79.4 Å². The summed E-state index contributed by atoms with van der Waals surface area (Å²) >= 11 is 6.03. The van der Waals surface area contributed by atoms with Crippen LogP contribution in [0.4, 0.5) is 4.79 Å². The van der Waals surface area contributed by atoms with Crippen molar-refractivity contribution in [2.24, 2.45) is 5.92 Å². The van der Waals surface area contributed by atoms with E-state index < -0.39 is 21.7 Å². The second-order valence-corrected chi connectivity index (χ2v) is 13.1. The molecule has 1 aromatic carbocycles. The van der Waals surface area contributed by atoms with Crippen molar-refractivity contribution in [1.29, 1.82) is 0 Å². The van der Waals surface area contributed by atoms with Gasteiger partial charge in [0.2, 0.25) is 10.0 Å². The van der Waals surface area contributed by atoms with Crippen molar-refractivity contribution in [3.05, 3.63) is 29.3 Å². The molecular weight excluding hydrogens is 490 g/mol. The van der Waals surface area contributed by atoms with E-state index in [4.69, 9.17) is 21.1 Å². The van der Waals surface area contributed by atoms with Crippen LogP contribution in [0.25, 0.3) is 0 Å². The van der Waals surface area contributed by atoms with E-state index in [0.717, 1.165) is 32.2 Å². The molecule has 2 saturated carbocycles. The van der Waals surface area contributed by atoms with Crippen LogP contribution in [0.15, 0.2) is 29.2 Å². The van der Waals surface area contributed by atoms with Crippen LogP contribution in [0.1, 0.15) is 45.4 Å². The van der Waals surface area contributed by atoms with Crippen molar-refractivity contribution in [2.45, 2.75) is 80.1 Å². The van der Waals surface area contributed by atoms with Gasteiger partial charge in [-0.05, 0) is 75.3 Å². The van der Waals surface area contributed by atoms with Gasteiger partial charge in [-0.3, -0.25) is 4.90 Å². The second kappa shape index (κ2) is 8.87. The van der Waals surface area contributed by atoms with Gasteiger partial charge in [0.25, 0.3) is 0 Å². The fourth-order valence-corrected chi connectivity index (χ4v) is 8.51. The third kappa shape index (κ3) is 4.27. The first-order valence-corrected chi connectivity index (χ1v) is 14.7. The number of likely N-dealkylation sites (tertiary alicyclic amines) is 1. The molecule has 4 atom stereocenters. The second-order valence-electron chi connectivity index (χ2n) is 10.8. The van der Waals surface area contributed by atoms with Gasteiger partial charge in [0.1, 0.15) is 5.60 Å². The summed E-state index contributed by atoms with van der Waals surface area (Å²) in [6.45, 7) is 5.14. The van der Waals surface area contributed by atoms with Crippen molar-refractivity contribution >= 4 is 27.7 Å². The fraction of sp³-hybridized carbons (Fsp3) is 0.720. The smallest absolute Gasteiger partial charge is 0.410 e. The summed E-state index contributed by atoms with van der Waals surface area (Å²) in [6.07, 6.45) is 5.19. The zero-order valence-corrected chi connectivity index (χ0v) is 21.7. The number of rotatable bonds is 6. The SMILES string of the molecule is CCN1C2CCC1CN(C(=O)OC1([C@H]3COC[C@@H](C4CC4)N3S(=O)(=O)c3ccc(Cl)cc3)CC1)C2. The highest BCUT2D eigenvalue weighted by molar-refractivity contribution is 7.89. The van der Waals surface area contributed by atoms with Crippen LogP contribution >= 0.6 is 11.6 Å². The summed E-state index contributed by atoms with van der Waals surface area (Å²) in [5.74, 6) is 0.282. The molecule has 1 amide bonds. The maximum absolute atomic E-state index is 13.9. The minimum Gasteiger partial charge on any atom is -0.441 e. The molecule has 8 nitrogen and oxygen atoms in total. The Morgan fingerprint density at radius 3 is 2.31 bits per heavy atom. The van der Waals surface area contributed by atoms with Crippen molar-refractivity contribution in [1.82, 2.24) is 14.1 Å². The highest BCUT2D eigenvalue weighted by Gasteiger charge is 2.62. The van der Waals surface area contributed by atoms with Crippen LogP contribution in [0.3, 0.4) is 0 Å². The summed E-state index contributed by atoms with van der Waals surface area (Å²) in [4.78, 5) is 17.9. The number of benzene rings is 1. The molecule has 3 aliphatic heterocycles. The third-order valence-corrected chi connectivity index (χ3v) is 10.9. The predicted molar refractivity (Wildman–Crippen MR) is 131 cm³/mol. The van der Waals surface area contributed by atoms with Crippen LogP contribution in [-0.2, 0) is 19.5 Å². The number of carbonyl (C=O) groups excluding carboxylic acids is 1. The van der Waals surface area contributed by atoms with Crippen molar-refractivity contribution in [3.8, 4) is 0 Å². The molecule has 192 valence electrons. The van der Waals surface area contributed by atoms with Crippen LogP contribution in [0.5, 0.6) is 0 Å². The number of sulfonamides is 1. The zero-order chi connectivity index (χ0) is 24.4. The quantitative estimate of drug-likeness (QED) is 0.569. The first-order valence-electron chi connectivity index (χ1n) is 12.9. The molecule has 0 aromatic heterocycles. The van der Waals surface area contributed by atoms with Crippen molar-refractivity contribution in [3.63, 3.8) is 0 Å². The average Bonchev–Trinajstić information content (AvgIpc) is 3.77. The molecule has 2 bridgehead atoms. The molecule has 5 fully saturated rings. The molecule has 0 spiro atoms. The standard InChI is InChI=1S/C25H34ClN3O5S/c1-2-28-19-7-8-20(28)14-27(13-19)24(30)34-25(11-12-25)23-16-33-15-22(17-3-4-17)29(23)35(31,32)21-9-5-18(26)6-10-21/h5-6,9-10,17,19-20,22-23H,2-4,7-8,11-16H2,1H3/t19?,20?,22-,23+/m0/s1. The largest absolute Gasteiger partial charge is 0.441 e. The number of hydrogen-bond donors (Lipinski definition) is 0. The van der Waals surface area contributed by atoms with E-state index in [1.165, 1.54) is 0 Å². The van der Waals surface area contributed by atoms with E-state index in [-0.39, 0.29) is 29.6 Å². The highest BCUT2D eigenvalue weighted by atomic mass is 35.5. The molecule has 5 aliphatic rings. The number of morpholine rings is 1. The van der Waals surface area contributed by atoms with Crippen molar-refractivity contribution in [2.75, 3.05) is 32.8 Å². The Morgan fingerprint density at radius 1 is 1.09 bits per heavy atom. The molecule has 2 unspecified atom stereocenters. The van der Waals surface area contributed by atoms with Crippen LogP contribution < -0.4 is 0 Å². The molecular formula is C25H34ClN3O5S. The van der Waals surface area contributed by atoms with E-state index >= 15 is 0 Å². The van der Waals surface area contributed by atoms with Crippen LogP contribution in [0.2, 0.25) is 5.02 Å². The Balaban J connectivity index is 1.25. The molecule has 35 heavy (non-hydrogen) atoms. The fourth-order valence-electron chi connectivity index (χ4n) is 6.48. The van der Waals surface area contributed by atoms with Crippen LogP contribution in [0, 0.1) is 5.92 Å². The lowest BCUT2D eigenvalue weighted by Crippen LogP contribution is -2.62. The van der Waals surface area contributed by atoms with E-state index in [9.17, 15) is 13.2 Å². The van der Waals surface area contributed by atoms with Gasteiger partial charge in [-0.25, -0.2) is 13.2 Å². The van der Waals surface area contributed by atoms with Crippen LogP contribution in [-0.4, -0.2) is 91.2 Å². The first-order chi connectivity index (χ1) is 16.8. The van der Waals surface area contributed by atoms with Crippen molar-refractivity contribution < 1.29 is 22.7 Å². The molecule has 2 aliphatic carbocycles. The van der Waals surface area contributed by atoms with E-state index in [1.54, 1.807) is 28.6 Å². The van der Waals surface area contributed by atoms with Gasteiger partial charge in [0, 0.05) is 30.2 Å². The Labute approximate surface area is 212 Å². The van der Waals surface area contributed by atoms with Gasteiger partial charge in [0.15, 0.2) is 0 Å². The molecule has 10 heteroatoms. The number of halogens is 1. The Hall–Kier alpha value is -1.39. The molecule has 0 N–H and O–H groups in total. The number of likely N-dealkylation sites (N-methyl/N-ethyl adjacent to an activating group) is 1. The molecule has 1 aromatic rings. The Bertz CT molecular complexity index is 1060. The Kier molecular flexibility index (Phi) is 6.08. The summed E-state index contributed by atoms with van der Waals surface area (Å²) in [5, 5.41) is 0.492. The molecule has 3 heterocycles.